The van der Waals surface area contributed by atoms with Gasteiger partial charge in [0.05, 0.1) is 13.2 Å². The fourth-order valence-electron chi connectivity index (χ4n) is 0.939. The van der Waals surface area contributed by atoms with Crippen LogP contribution in [0.2, 0.25) is 0 Å². The highest BCUT2D eigenvalue weighted by Gasteiger charge is 2.03. The molecule has 0 bridgehead atoms. The zero-order chi connectivity index (χ0) is 10.1. The maximum absolute atomic E-state index is 10.1. The number of rotatable bonds is 7. The van der Waals surface area contributed by atoms with Crippen molar-refractivity contribution in [2.75, 3.05) is 39.4 Å². The van der Waals surface area contributed by atoms with E-state index in [0.717, 1.165) is 0 Å². The summed E-state index contributed by atoms with van der Waals surface area (Å²) in [4.78, 5) is 11.8. The SMILES string of the molecule is O=C(O)NCCN(CCO)CCO. The minimum Gasteiger partial charge on any atom is -0.465 e. The number of carbonyl (C=O) groups is 1. The van der Waals surface area contributed by atoms with Crippen molar-refractivity contribution in [2.45, 2.75) is 0 Å². The molecule has 0 fully saturated rings. The number of carboxylic acid groups (broad SMARTS) is 1. The quantitative estimate of drug-likeness (QED) is 0.395. The van der Waals surface area contributed by atoms with Gasteiger partial charge in [-0.3, -0.25) is 4.90 Å². The molecular weight excluding hydrogens is 176 g/mol. The van der Waals surface area contributed by atoms with Gasteiger partial charge in [0, 0.05) is 26.2 Å². The molecule has 0 aliphatic carbocycles. The Hall–Kier alpha value is -0.850. The number of hydrogen-bond donors (Lipinski definition) is 4. The molecule has 6 heteroatoms. The molecule has 0 saturated heterocycles. The fraction of sp³-hybridized carbons (Fsp3) is 0.857. The smallest absolute Gasteiger partial charge is 0.404 e. The van der Waals surface area contributed by atoms with Crippen molar-refractivity contribution < 1.29 is 20.1 Å². The highest BCUT2D eigenvalue weighted by atomic mass is 16.4. The fourth-order valence-corrected chi connectivity index (χ4v) is 0.939. The van der Waals surface area contributed by atoms with Gasteiger partial charge in [0.1, 0.15) is 0 Å². The Kier molecular flexibility index (Phi) is 7.27. The van der Waals surface area contributed by atoms with E-state index in [9.17, 15) is 4.79 Å². The molecule has 0 atom stereocenters. The molecule has 0 aliphatic rings. The highest BCUT2D eigenvalue weighted by Crippen LogP contribution is 1.84. The van der Waals surface area contributed by atoms with E-state index in [1.807, 2.05) is 0 Å². The van der Waals surface area contributed by atoms with Crippen molar-refractivity contribution in [1.29, 1.82) is 0 Å². The minimum absolute atomic E-state index is 0.00702. The van der Waals surface area contributed by atoms with E-state index >= 15 is 0 Å². The van der Waals surface area contributed by atoms with Crippen LogP contribution >= 0.6 is 0 Å². The predicted octanol–water partition coefficient (Wildman–Crippen LogP) is -1.46. The highest BCUT2D eigenvalue weighted by molar-refractivity contribution is 5.64. The molecule has 0 aromatic rings. The van der Waals surface area contributed by atoms with Crippen LogP contribution in [0.5, 0.6) is 0 Å². The van der Waals surface area contributed by atoms with Crippen molar-refractivity contribution in [3.63, 3.8) is 0 Å². The number of nitrogens with zero attached hydrogens (tertiary/aromatic N) is 1. The van der Waals surface area contributed by atoms with Crippen LogP contribution in [0.1, 0.15) is 0 Å². The van der Waals surface area contributed by atoms with Crippen molar-refractivity contribution in [2.24, 2.45) is 0 Å². The molecule has 0 saturated carbocycles. The van der Waals surface area contributed by atoms with Gasteiger partial charge in [-0.15, -0.1) is 0 Å². The Morgan fingerprint density at radius 1 is 1.15 bits per heavy atom. The van der Waals surface area contributed by atoms with Crippen LogP contribution in [0, 0.1) is 0 Å². The van der Waals surface area contributed by atoms with Crippen molar-refractivity contribution in [3.8, 4) is 0 Å². The minimum atomic E-state index is -1.06. The van der Waals surface area contributed by atoms with Gasteiger partial charge in [-0.2, -0.15) is 0 Å². The Labute approximate surface area is 76.8 Å². The standard InChI is InChI=1S/C7H16N2O4/c10-5-3-9(4-6-11)2-1-8-7(12)13/h8,10-11H,1-6H2,(H,12,13). The molecule has 0 rings (SSSR count). The van der Waals surface area contributed by atoms with Gasteiger partial charge < -0.3 is 20.6 Å². The third-order valence-corrected chi connectivity index (χ3v) is 1.54. The lowest BCUT2D eigenvalue weighted by Crippen LogP contribution is -2.37. The summed E-state index contributed by atoms with van der Waals surface area (Å²) in [6.07, 6.45) is -1.06. The molecule has 6 nitrogen and oxygen atoms in total. The normalized spacial score (nSPS) is 10.4. The summed E-state index contributed by atoms with van der Waals surface area (Å²) in [6, 6.07) is 0. The first kappa shape index (κ1) is 12.2. The Bertz CT molecular complexity index is 136. The van der Waals surface area contributed by atoms with Gasteiger partial charge in [0.2, 0.25) is 0 Å². The van der Waals surface area contributed by atoms with E-state index in [1.54, 1.807) is 4.90 Å². The van der Waals surface area contributed by atoms with Gasteiger partial charge in [-0.25, -0.2) is 4.79 Å². The predicted molar refractivity (Wildman–Crippen MR) is 46.6 cm³/mol. The second-order valence-electron chi connectivity index (χ2n) is 2.52. The molecular formula is C7H16N2O4. The summed E-state index contributed by atoms with van der Waals surface area (Å²) >= 11 is 0. The van der Waals surface area contributed by atoms with Crippen LogP contribution in [0.15, 0.2) is 0 Å². The maximum Gasteiger partial charge on any atom is 0.404 e. The van der Waals surface area contributed by atoms with Crippen LogP contribution in [0.4, 0.5) is 4.79 Å². The number of hydrogen-bond acceptors (Lipinski definition) is 4. The van der Waals surface area contributed by atoms with Crippen LogP contribution < -0.4 is 5.32 Å². The largest absolute Gasteiger partial charge is 0.465 e. The van der Waals surface area contributed by atoms with Gasteiger partial charge in [0.15, 0.2) is 0 Å². The van der Waals surface area contributed by atoms with Crippen LogP contribution in [-0.4, -0.2) is 65.7 Å². The van der Waals surface area contributed by atoms with E-state index < -0.39 is 6.09 Å². The van der Waals surface area contributed by atoms with E-state index in [0.29, 0.717) is 26.2 Å². The van der Waals surface area contributed by atoms with Crippen LogP contribution in [0.3, 0.4) is 0 Å². The molecule has 4 N–H and O–H groups in total. The molecule has 0 spiro atoms. The molecule has 0 heterocycles. The number of aliphatic hydroxyl groups excluding tert-OH is 2. The zero-order valence-corrected chi connectivity index (χ0v) is 7.44. The monoisotopic (exact) mass is 192 g/mol. The lowest BCUT2D eigenvalue weighted by Gasteiger charge is -2.19. The summed E-state index contributed by atoms with van der Waals surface area (Å²) in [5.41, 5.74) is 0. The Balaban J connectivity index is 3.49. The molecule has 0 aromatic carbocycles. The summed E-state index contributed by atoms with van der Waals surface area (Å²) in [6.45, 7) is 1.70. The van der Waals surface area contributed by atoms with Crippen molar-refractivity contribution >= 4 is 6.09 Å². The lowest BCUT2D eigenvalue weighted by atomic mass is 10.4. The molecule has 78 valence electrons. The van der Waals surface area contributed by atoms with Crippen molar-refractivity contribution in [1.82, 2.24) is 10.2 Å². The average molecular weight is 192 g/mol. The molecule has 0 aromatic heterocycles. The van der Waals surface area contributed by atoms with Gasteiger partial charge in [0.25, 0.3) is 0 Å². The van der Waals surface area contributed by atoms with Crippen molar-refractivity contribution in [3.05, 3.63) is 0 Å². The number of aliphatic hydroxyl groups is 2. The van der Waals surface area contributed by atoms with Crippen LogP contribution in [0.25, 0.3) is 0 Å². The first-order valence-corrected chi connectivity index (χ1v) is 4.11. The van der Waals surface area contributed by atoms with E-state index in [1.165, 1.54) is 0 Å². The maximum atomic E-state index is 10.1. The van der Waals surface area contributed by atoms with Crippen LogP contribution in [-0.2, 0) is 0 Å². The molecule has 0 radical (unpaired) electrons. The number of amides is 1. The van der Waals surface area contributed by atoms with E-state index in [2.05, 4.69) is 5.32 Å². The van der Waals surface area contributed by atoms with Gasteiger partial charge >= 0.3 is 6.09 Å². The second kappa shape index (κ2) is 7.78. The Morgan fingerprint density at radius 2 is 1.69 bits per heavy atom. The second-order valence-corrected chi connectivity index (χ2v) is 2.52. The van der Waals surface area contributed by atoms with Gasteiger partial charge in [-0.05, 0) is 0 Å². The number of nitrogens with one attached hydrogen (secondary N) is 1. The Morgan fingerprint density at radius 3 is 2.08 bits per heavy atom. The van der Waals surface area contributed by atoms with E-state index in [-0.39, 0.29) is 13.2 Å². The first-order valence-electron chi connectivity index (χ1n) is 4.11. The molecule has 1 amide bonds. The summed E-state index contributed by atoms with van der Waals surface area (Å²) in [5, 5.41) is 27.7. The third-order valence-electron chi connectivity index (χ3n) is 1.54. The summed E-state index contributed by atoms with van der Waals surface area (Å²) in [7, 11) is 0. The molecule has 0 aliphatic heterocycles. The lowest BCUT2D eigenvalue weighted by molar-refractivity contribution is 0.158. The average Bonchev–Trinajstić information content (AvgIpc) is 2.04. The first-order chi connectivity index (χ1) is 6.20. The summed E-state index contributed by atoms with van der Waals surface area (Å²) < 4.78 is 0. The van der Waals surface area contributed by atoms with E-state index in [4.69, 9.17) is 15.3 Å². The summed E-state index contributed by atoms with van der Waals surface area (Å²) in [5.74, 6) is 0. The third kappa shape index (κ3) is 7.51. The van der Waals surface area contributed by atoms with Gasteiger partial charge in [-0.1, -0.05) is 0 Å². The molecule has 13 heavy (non-hydrogen) atoms. The topological polar surface area (TPSA) is 93.0 Å². The molecule has 0 unspecified atom stereocenters. The zero-order valence-electron chi connectivity index (χ0n) is 7.44.